The lowest BCUT2D eigenvalue weighted by Gasteiger charge is -2.25. The molecule has 1 fully saturated rings. The molecule has 9 heavy (non-hydrogen) atoms. The molecule has 0 aromatic carbocycles. The largest absolute Gasteiger partial charge is 0.351 e. The fraction of sp³-hybridized carbons (Fsp3) is 0.833. The van der Waals surface area contributed by atoms with Crippen LogP contribution in [0.15, 0.2) is 0 Å². The average Bonchev–Trinajstić information content (AvgIpc) is 1.80. The van der Waals surface area contributed by atoms with E-state index in [0.29, 0.717) is 0 Å². The van der Waals surface area contributed by atoms with Gasteiger partial charge in [-0.15, -0.1) is 0 Å². The Balaban J connectivity index is 2.44. The average molecular weight is 128 g/mol. The van der Waals surface area contributed by atoms with Crippen molar-refractivity contribution in [1.29, 1.82) is 0 Å². The summed E-state index contributed by atoms with van der Waals surface area (Å²) in [6, 6.07) is 0.273. The van der Waals surface area contributed by atoms with Crippen LogP contribution in [0, 0.1) is 0 Å². The van der Waals surface area contributed by atoms with Gasteiger partial charge in [0.2, 0.25) is 5.91 Å². The third-order valence-electron chi connectivity index (χ3n) is 1.51. The lowest BCUT2D eigenvalue weighted by Crippen LogP contribution is -2.55. The Morgan fingerprint density at radius 3 is 2.67 bits per heavy atom. The van der Waals surface area contributed by atoms with Gasteiger partial charge in [0, 0.05) is 12.6 Å². The third-order valence-corrected chi connectivity index (χ3v) is 1.51. The van der Waals surface area contributed by atoms with Gasteiger partial charge in [0.05, 0.1) is 6.04 Å². The van der Waals surface area contributed by atoms with Gasteiger partial charge in [0.25, 0.3) is 0 Å². The highest BCUT2D eigenvalue weighted by Gasteiger charge is 2.19. The van der Waals surface area contributed by atoms with Crippen molar-refractivity contribution in [2.24, 2.45) is 0 Å². The van der Waals surface area contributed by atoms with Crippen molar-refractivity contribution >= 4 is 5.91 Å². The highest BCUT2D eigenvalue weighted by Crippen LogP contribution is 1.91. The van der Waals surface area contributed by atoms with Gasteiger partial charge in [-0.05, 0) is 13.8 Å². The predicted molar refractivity (Wildman–Crippen MR) is 35.1 cm³/mol. The van der Waals surface area contributed by atoms with E-state index in [0.717, 1.165) is 6.54 Å². The van der Waals surface area contributed by atoms with Crippen molar-refractivity contribution in [3.05, 3.63) is 0 Å². The Morgan fingerprint density at radius 2 is 2.22 bits per heavy atom. The zero-order valence-corrected chi connectivity index (χ0v) is 5.77. The van der Waals surface area contributed by atoms with E-state index in [4.69, 9.17) is 0 Å². The molecule has 0 aliphatic carbocycles. The van der Waals surface area contributed by atoms with E-state index in [1.807, 2.05) is 13.8 Å². The monoisotopic (exact) mass is 128 g/mol. The van der Waals surface area contributed by atoms with Crippen molar-refractivity contribution in [2.45, 2.75) is 25.9 Å². The van der Waals surface area contributed by atoms with Gasteiger partial charge in [-0.2, -0.15) is 0 Å². The van der Waals surface area contributed by atoms with Gasteiger partial charge in [-0.1, -0.05) is 0 Å². The maximum absolute atomic E-state index is 10.8. The smallest absolute Gasteiger partial charge is 0.237 e. The quantitative estimate of drug-likeness (QED) is 0.461. The molecule has 3 heteroatoms. The van der Waals surface area contributed by atoms with Crippen LogP contribution >= 0.6 is 0 Å². The Bertz CT molecular complexity index is 124. The van der Waals surface area contributed by atoms with Crippen LogP contribution in [-0.2, 0) is 4.79 Å². The topological polar surface area (TPSA) is 41.1 Å². The van der Waals surface area contributed by atoms with Crippen LogP contribution in [0.25, 0.3) is 0 Å². The lowest BCUT2D eigenvalue weighted by molar-refractivity contribution is -0.124. The molecule has 52 valence electrons. The molecular weight excluding hydrogens is 116 g/mol. The summed E-state index contributed by atoms with van der Waals surface area (Å²) >= 11 is 0. The first-order valence-electron chi connectivity index (χ1n) is 3.24. The van der Waals surface area contributed by atoms with Crippen LogP contribution in [0.1, 0.15) is 13.8 Å². The van der Waals surface area contributed by atoms with Crippen LogP contribution < -0.4 is 10.6 Å². The van der Waals surface area contributed by atoms with Gasteiger partial charge >= 0.3 is 0 Å². The summed E-state index contributed by atoms with van der Waals surface area (Å²) in [5.74, 6) is 0.105. The van der Waals surface area contributed by atoms with Gasteiger partial charge in [0.15, 0.2) is 0 Å². The molecule has 1 aliphatic heterocycles. The molecule has 3 nitrogen and oxygen atoms in total. The number of carbonyl (C=O) groups excluding carboxylic acids is 1. The minimum atomic E-state index is -0.0128. The molecule has 2 atom stereocenters. The fourth-order valence-electron chi connectivity index (χ4n) is 0.865. The van der Waals surface area contributed by atoms with Gasteiger partial charge in [0.1, 0.15) is 0 Å². The second-order valence-corrected chi connectivity index (χ2v) is 2.54. The first-order chi connectivity index (χ1) is 4.20. The number of hydrogen-bond donors (Lipinski definition) is 2. The second-order valence-electron chi connectivity index (χ2n) is 2.54. The van der Waals surface area contributed by atoms with E-state index < -0.39 is 0 Å². The van der Waals surface area contributed by atoms with Crippen LogP contribution in [0.5, 0.6) is 0 Å². The fourth-order valence-corrected chi connectivity index (χ4v) is 0.865. The number of carbonyl (C=O) groups is 1. The van der Waals surface area contributed by atoms with Gasteiger partial charge in [-0.25, -0.2) is 0 Å². The molecule has 0 unspecified atom stereocenters. The zero-order valence-electron chi connectivity index (χ0n) is 5.77. The molecular formula is C6H12N2O. The van der Waals surface area contributed by atoms with Crippen LogP contribution in [0.3, 0.4) is 0 Å². The minimum Gasteiger partial charge on any atom is -0.351 e. The first kappa shape index (κ1) is 6.55. The second kappa shape index (κ2) is 2.35. The molecule has 0 bridgehead atoms. The molecule has 1 rings (SSSR count). The van der Waals surface area contributed by atoms with Gasteiger partial charge < -0.3 is 10.6 Å². The van der Waals surface area contributed by atoms with Gasteiger partial charge in [-0.3, -0.25) is 4.79 Å². The zero-order chi connectivity index (χ0) is 6.85. The maximum atomic E-state index is 10.8. The molecule has 0 aromatic heterocycles. The van der Waals surface area contributed by atoms with Crippen LogP contribution in [0.2, 0.25) is 0 Å². The molecule has 0 aromatic rings. The Morgan fingerprint density at radius 1 is 1.56 bits per heavy atom. The highest BCUT2D eigenvalue weighted by atomic mass is 16.2. The Labute approximate surface area is 54.8 Å². The van der Waals surface area contributed by atoms with E-state index in [-0.39, 0.29) is 18.0 Å². The van der Waals surface area contributed by atoms with Crippen molar-refractivity contribution in [1.82, 2.24) is 10.6 Å². The van der Waals surface area contributed by atoms with Crippen LogP contribution in [-0.4, -0.2) is 24.5 Å². The van der Waals surface area contributed by atoms with Crippen molar-refractivity contribution < 1.29 is 4.79 Å². The maximum Gasteiger partial charge on any atom is 0.237 e. The van der Waals surface area contributed by atoms with Crippen molar-refractivity contribution in [3.63, 3.8) is 0 Å². The number of piperazine rings is 1. The summed E-state index contributed by atoms with van der Waals surface area (Å²) in [4.78, 5) is 10.8. The number of hydrogen-bond acceptors (Lipinski definition) is 2. The summed E-state index contributed by atoms with van der Waals surface area (Å²) in [7, 11) is 0. The van der Waals surface area contributed by atoms with E-state index >= 15 is 0 Å². The summed E-state index contributed by atoms with van der Waals surface area (Å²) in [6.07, 6.45) is 0. The number of amides is 1. The third kappa shape index (κ3) is 1.42. The predicted octanol–water partition coefficient (Wildman–Crippen LogP) is -0.517. The van der Waals surface area contributed by atoms with E-state index in [1.54, 1.807) is 0 Å². The normalized spacial score (nSPS) is 36.0. The molecule has 0 saturated carbocycles. The number of nitrogens with one attached hydrogen (secondary N) is 2. The summed E-state index contributed by atoms with van der Waals surface area (Å²) in [5.41, 5.74) is 0. The van der Waals surface area contributed by atoms with E-state index in [2.05, 4.69) is 10.6 Å². The molecule has 0 spiro atoms. The molecule has 1 aliphatic rings. The SMILES string of the molecule is C[C@@H]1CN[C@H](C)C(=O)N1. The Hall–Kier alpha value is -0.570. The molecule has 1 saturated heterocycles. The first-order valence-corrected chi connectivity index (χ1v) is 3.24. The molecule has 0 radical (unpaired) electrons. The minimum absolute atomic E-state index is 0.0128. The van der Waals surface area contributed by atoms with E-state index in [1.165, 1.54) is 0 Å². The van der Waals surface area contributed by atoms with Crippen molar-refractivity contribution in [3.8, 4) is 0 Å². The van der Waals surface area contributed by atoms with E-state index in [9.17, 15) is 4.79 Å². The summed E-state index contributed by atoms with van der Waals surface area (Å²) in [5, 5.41) is 5.90. The molecule has 1 amide bonds. The molecule has 2 N–H and O–H groups in total. The molecule has 1 heterocycles. The standard InChI is InChI=1S/C6H12N2O/c1-4-3-7-5(2)6(9)8-4/h4-5,7H,3H2,1-2H3,(H,8,9)/t4-,5-/m1/s1. The summed E-state index contributed by atoms with van der Waals surface area (Å²) < 4.78 is 0. The Kier molecular flexibility index (Phi) is 1.71. The van der Waals surface area contributed by atoms with Crippen LogP contribution in [0.4, 0.5) is 0 Å². The number of rotatable bonds is 0. The van der Waals surface area contributed by atoms with Crippen molar-refractivity contribution in [2.75, 3.05) is 6.54 Å². The summed E-state index contributed by atoms with van der Waals surface area (Å²) in [6.45, 7) is 4.73. The lowest BCUT2D eigenvalue weighted by atomic mass is 10.2. The highest BCUT2D eigenvalue weighted by molar-refractivity contribution is 5.82.